The molecule has 0 saturated heterocycles. The Bertz CT molecular complexity index is 644. The summed E-state index contributed by atoms with van der Waals surface area (Å²) in [5, 5.41) is 0. The average Bonchev–Trinajstić information content (AvgIpc) is 2.46. The summed E-state index contributed by atoms with van der Waals surface area (Å²) in [6.45, 7) is 1.20. The first-order valence-corrected chi connectivity index (χ1v) is 6.53. The van der Waals surface area contributed by atoms with Crippen LogP contribution in [0.1, 0.15) is 17.5 Å². The lowest BCUT2D eigenvalue weighted by molar-refractivity contribution is 0.628. The van der Waals surface area contributed by atoms with Crippen LogP contribution in [0, 0.1) is 5.82 Å². The molecule has 0 unspecified atom stereocenters. The van der Waals surface area contributed by atoms with Gasteiger partial charge in [-0.25, -0.2) is 4.39 Å². The Hall–Kier alpha value is -2.20. The van der Waals surface area contributed by atoms with E-state index < -0.39 is 0 Å². The van der Waals surface area contributed by atoms with Gasteiger partial charge >= 0.3 is 0 Å². The molecule has 1 aromatic heterocycles. The number of hydrogen-bond donors (Lipinski definition) is 1. The molecule has 0 radical (unpaired) electrons. The van der Waals surface area contributed by atoms with Crippen LogP contribution in [0.4, 0.5) is 4.39 Å². The molecule has 20 heavy (non-hydrogen) atoms. The van der Waals surface area contributed by atoms with E-state index in [0.717, 1.165) is 17.5 Å². The maximum absolute atomic E-state index is 12.8. The summed E-state index contributed by atoms with van der Waals surface area (Å²) < 4.78 is 14.4. The predicted molar refractivity (Wildman–Crippen MR) is 79.7 cm³/mol. The van der Waals surface area contributed by atoms with Crippen molar-refractivity contribution >= 4 is 12.2 Å². The van der Waals surface area contributed by atoms with E-state index in [2.05, 4.69) is 0 Å². The van der Waals surface area contributed by atoms with Gasteiger partial charge in [-0.2, -0.15) is 0 Å². The Balaban J connectivity index is 2.12. The normalized spacial score (nSPS) is 11.1. The van der Waals surface area contributed by atoms with Crippen molar-refractivity contribution in [3.05, 3.63) is 69.9 Å². The maximum Gasteiger partial charge on any atom is 0.251 e. The van der Waals surface area contributed by atoms with Gasteiger partial charge in [0.1, 0.15) is 5.82 Å². The highest BCUT2D eigenvalue weighted by atomic mass is 19.1. The second-order valence-electron chi connectivity index (χ2n) is 4.52. The molecular weight excluding hydrogens is 255 g/mol. The number of nitrogens with zero attached hydrogens (tertiary/aromatic N) is 1. The van der Waals surface area contributed by atoms with Gasteiger partial charge in [0, 0.05) is 18.8 Å². The van der Waals surface area contributed by atoms with E-state index >= 15 is 0 Å². The maximum atomic E-state index is 12.8. The number of halogens is 1. The van der Waals surface area contributed by atoms with E-state index in [1.54, 1.807) is 29.0 Å². The van der Waals surface area contributed by atoms with Crippen LogP contribution in [0.5, 0.6) is 0 Å². The van der Waals surface area contributed by atoms with Crippen molar-refractivity contribution in [2.24, 2.45) is 5.73 Å². The first kappa shape index (κ1) is 14.2. The number of rotatable bonds is 5. The zero-order valence-corrected chi connectivity index (χ0v) is 11.1. The first-order chi connectivity index (χ1) is 9.69. The third kappa shape index (κ3) is 3.90. The van der Waals surface area contributed by atoms with Crippen molar-refractivity contribution in [3.8, 4) is 0 Å². The van der Waals surface area contributed by atoms with Crippen molar-refractivity contribution in [1.29, 1.82) is 0 Å². The number of pyridine rings is 1. The topological polar surface area (TPSA) is 48.0 Å². The van der Waals surface area contributed by atoms with Gasteiger partial charge in [0.05, 0.1) is 0 Å². The van der Waals surface area contributed by atoms with Crippen molar-refractivity contribution in [3.63, 3.8) is 0 Å². The minimum atomic E-state index is -0.260. The Morgan fingerprint density at radius 3 is 2.45 bits per heavy atom. The summed E-state index contributed by atoms with van der Waals surface area (Å²) >= 11 is 0. The van der Waals surface area contributed by atoms with Crippen LogP contribution in [0.25, 0.3) is 12.2 Å². The second-order valence-corrected chi connectivity index (χ2v) is 4.52. The van der Waals surface area contributed by atoms with Crippen molar-refractivity contribution in [2.75, 3.05) is 6.54 Å². The van der Waals surface area contributed by atoms with Gasteiger partial charge in [-0.1, -0.05) is 24.3 Å². The van der Waals surface area contributed by atoms with Crippen LogP contribution in [0.3, 0.4) is 0 Å². The molecule has 0 atom stereocenters. The van der Waals surface area contributed by atoms with Gasteiger partial charge in [0.2, 0.25) is 0 Å². The highest BCUT2D eigenvalue weighted by Gasteiger charge is 1.96. The molecule has 1 aromatic carbocycles. The number of aromatic nitrogens is 1. The molecule has 0 bridgehead atoms. The number of aryl methyl sites for hydroxylation is 1. The molecule has 0 spiro atoms. The highest BCUT2D eigenvalue weighted by molar-refractivity contribution is 5.69. The van der Waals surface area contributed by atoms with Crippen LogP contribution in [0.15, 0.2) is 47.4 Å². The zero-order chi connectivity index (χ0) is 14.4. The minimum absolute atomic E-state index is 0.0419. The van der Waals surface area contributed by atoms with Gasteiger partial charge < -0.3 is 10.3 Å². The number of nitrogens with two attached hydrogens (primary N) is 1. The Morgan fingerprint density at radius 1 is 1.10 bits per heavy atom. The van der Waals surface area contributed by atoms with Gasteiger partial charge in [0.15, 0.2) is 0 Å². The molecule has 2 N–H and O–H groups in total. The fraction of sp³-hybridized carbons (Fsp3) is 0.188. The van der Waals surface area contributed by atoms with E-state index in [1.165, 1.54) is 12.1 Å². The SMILES string of the molecule is NCCCn1ccc(/C=C/c2ccc(F)cc2)cc1=O. The Morgan fingerprint density at radius 2 is 1.80 bits per heavy atom. The summed E-state index contributed by atoms with van der Waals surface area (Å²) in [5.74, 6) is -0.260. The number of benzene rings is 1. The standard InChI is InChI=1S/C16H17FN2O/c17-15-6-4-13(5-7-15)2-3-14-8-11-19(10-1-9-18)16(20)12-14/h2-8,11-12H,1,9-10,18H2/b3-2+. The summed E-state index contributed by atoms with van der Waals surface area (Å²) in [6, 6.07) is 9.64. The van der Waals surface area contributed by atoms with E-state index in [-0.39, 0.29) is 11.4 Å². The van der Waals surface area contributed by atoms with E-state index in [4.69, 9.17) is 5.73 Å². The molecule has 0 saturated carbocycles. The molecule has 0 aliphatic rings. The lowest BCUT2D eigenvalue weighted by atomic mass is 10.1. The fourth-order valence-corrected chi connectivity index (χ4v) is 1.84. The molecular formula is C16H17FN2O. The van der Waals surface area contributed by atoms with Crippen LogP contribution in [-0.4, -0.2) is 11.1 Å². The molecule has 0 aliphatic carbocycles. The molecule has 0 amide bonds. The summed E-state index contributed by atoms with van der Waals surface area (Å²) in [6.07, 6.45) is 6.23. The molecule has 104 valence electrons. The van der Waals surface area contributed by atoms with Crippen molar-refractivity contribution in [2.45, 2.75) is 13.0 Å². The quantitative estimate of drug-likeness (QED) is 0.909. The van der Waals surface area contributed by atoms with Crippen molar-refractivity contribution < 1.29 is 4.39 Å². The third-order valence-corrected chi connectivity index (χ3v) is 2.96. The summed E-state index contributed by atoms with van der Waals surface area (Å²) in [4.78, 5) is 11.8. The van der Waals surface area contributed by atoms with Gasteiger partial charge in [-0.3, -0.25) is 4.79 Å². The smallest absolute Gasteiger partial charge is 0.251 e. The fourth-order valence-electron chi connectivity index (χ4n) is 1.84. The van der Waals surface area contributed by atoms with Crippen LogP contribution < -0.4 is 11.3 Å². The monoisotopic (exact) mass is 272 g/mol. The second kappa shape index (κ2) is 6.82. The number of hydrogen-bond acceptors (Lipinski definition) is 2. The van der Waals surface area contributed by atoms with E-state index in [9.17, 15) is 9.18 Å². The van der Waals surface area contributed by atoms with Gasteiger partial charge in [-0.05, 0) is 42.3 Å². The van der Waals surface area contributed by atoms with E-state index in [0.29, 0.717) is 13.1 Å². The molecule has 2 aromatic rings. The lowest BCUT2D eigenvalue weighted by Gasteiger charge is -2.04. The highest BCUT2D eigenvalue weighted by Crippen LogP contribution is 2.08. The van der Waals surface area contributed by atoms with E-state index in [1.807, 2.05) is 18.2 Å². The summed E-state index contributed by atoms with van der Waals surface area (Å²) in [7, 11) is 0. The zero-order valence-electron chi connectivity index (χ0n) is 11.1. The first-order valence-electron chi connectivity index (χ1n) is 6.53. The third-order valence-electron chi connectivity index (χ3n) is 2.96. The predicted octanol–water partition coefficient (Wildman–Crippen LogP) is 2.51. The lowest BCUT2D eigenvalue weighted by Crippen LogP contribution is -2.20. The van der Waals surface area contributed by atoms with Gasteiger partial charge in [0.25, 0.3) is 5.56 Å². The Kier molecular flexibility index (Phi) is 4.85. The van der Waals surface area contributed by atoms with Crippen LogP contribution >= 0.6 is 0 Å². The summed E-state index contributed by atoms with van der Waals surface area (Å²) in [5.41, 5.74) is 7.09. The molecule has 2 rings (SSSR count). The molecule has 4 heteroatoms. The minimum Gasteiger partial charge on any atom is -0.330 e. The molecule has 0 aliphatic heterocycles. The van der Waals surface area contributed by atoms with Crippen molar-refractivity contribution in [1.82, 2.24) is 4.57 Å². The average molecular weight is 272 g/mol. The molecule has 1 heterocycles. The molecule has 0 fully saturated rings. The van der Waals surface area contributed by atoms with Crippen LogP contribution in [-0.2, 0) is 6.54 Å². The largest absolute Gasteiger partial charge is 0.330 e. The van der Waals surface area contributed by atoms with Crippen LogP contribution in [0.2, 0.25) is 0 Å². The molecule has 3 nitrogen and oxygen atoms in total. The van der Waals surface area contributed by atoms with Gasteiger partial charge in [-0.15, -0.1) is 0 Å². The Labute approximate surface area is 117 Å².